The largest absolute Gasteiger partial charge is 0.360 e. The van der Waals surface area contributed by atoms with Gasteiger partial charge in [-0.25, -0.2) is 9.97 Å². The normalized spacial score (nSPS) is 10.8. The summed E-state index contributed by atoms with van der Waals surface area (Å²) in [5, 5.41) is 9.61. The second-order valence-electron chi connectivity index (χ2n) is 5.60. The van der Waals surface area contributed by atoms with Gasteiger partial charge in [-0.05, 0) is 32.3 Å². The van der Waals surface area contributed by atoms with Gasteiger partial charge < -0.3 is 15.2 Å². The quantitative estimate of drug-likeness (QED) is 0.852. The highest BCUT2D eigenvalue weighted by Gasteiger charge is 2.11. The Morgan fingerprint density at radius 2 is 2.05 bits per heavy atom. The monoisotopic (exact) mass is 303 g/mol. The molecule has 7 nitrogen and oxygen atoms in total. The molecular formula is C15H21N5O2. The van der Waals surface area contributed by atoms with Crippen molar-refractivity contribution in [3.8, 4) is 0 Å². The molecule has 0 spiro atoms. The van der Waals surface area contributed by atoms with Gasteiger partial charge in [-0.15, -0.1) is 0 Å². The van der Waals surface area contributed by atoms with Crippen molar-refractivity contribution in [3.63, 3.8) is 0 Å². The molecule has 118 valence electrons. The summed E-state index contributed by atoms with van der Waals surface area (Å²) in [7, 11) is 0. The summed E-state index contributed by atoms with van der Waals surface area (Å²) in [5.74, 6) is 1.85. The molecule has 2 aromatic rings. The maximum Gasteiger partial charge on any atom is 0.270 e. The van der Waals surface area contributed by atoms with Crippen molar-refractivity contribution >= 4 is 17.7 Å². The molecule has 0 aliphatic heterocycles. The first kappa shape index (κ1) is 15.9. The molecule has 22 heavy (non-hydrogen) atoms. The number of nitrogens with one attached hydrogen (secondary N) is 2. The van der Waals surface area contributed by atoms with Crippen LogP contribution in [-0.4, -0.2) is 27.6 Å². The van der Waals surface area contributed by atoms with E-state index in [0.717, 1.165) is 6.42 Å². The first-order valence-corrected chi connectivity index (χ1v) is 7.28. The Morgan fingerprint density at radius 3 is 2.68 bits per heavy atom. The van der Waals surface area contributed by atoms with Crippen molar-refractivity contribution in [2.24, 2.45) is 5.92 Å². The van der Waals surface area contributed by atoms with Crippen LogP contribution in [0.3, 0.4) is 0 Å². The first-order chi connectivity index (χ1) is 10.4. The summed E-state index contributed by atoms with van der Waals surface area (Å²) >= 11 is 0. The van der Waals surface area contributed by atoms with E-state index in [-0.39, 0.29) is 5.91 Å². The predicted octanol–water partition coefficient (Wildman–Crippen LogP) is 2.60. The smallest absolute Gasteiger partial charge is 0.270 e. The predicted molar refractivity (Wildman–Crippen MR) is 83.1 cm³/mol. The highest BCUT2D eigenvalue weighted by atomic mass is 16.5. The Bertz CT molecular complexity index is 651. The zero-order valence-electron chi connectivity index (χ0n) is 13.3. The first-order valence-electron chi connectivity index (χ1n) is 7.28. The molecule has 0 saturated heterocycles. The second kappa shape index (κ2) is 7.02. The van der Waals surface area contributed by atoms with Crippen LogP contribution >= 0.6 is 0 Å². The lowest BCUT2D eigenvalue weighted by molar-refractivity contribution is 0.0947. The molecule has 0 bridgehead atoms. The summed E-state index contributed by atoms with van der Waals surface area (Å²) < 4.78 is 4.97. The standard InChI is InChI=1S/C15H21N5O2/c1-9(2)5-6-16-14(21)12-7-10(3)17-15(18-12)19-13-8-11(4)22-20-13/h7-9H,5-6H2,1-4H3,(H,16,21)(H,17,18,19,20). The molecule has 0 aromatic carbocycles. The fourth-order valence-corrected chi connectivity index (χ4v) is 1.85. The van der Waals surface area contributed by atoms with Crippen LogP contribution < -0.4 is 10.6 Å². The van der Waals surface area contributed by atoms with Gasteiger partial charge >= 0.3 is 0 Å². The van der Waals surface area contributed by atoms with E-state index in [4.69, 9.17) is 4.52 Å². The van der Waals surface area contributed by atoms with Crippen molar-refractivity contribution in [2.75, 3.05) is 11.9 Å². The van der Waals surface area contributed by atoms with Crippen LogP contribution in [0.4, 0.5) is 11.8 Å². The fraction of sp³-hybridized carbons (Fsp3) is 0.467. The summed E-state index contributed by atoms with van der Waals surface area (Å²) in [6.07, 6.45) is 0.930. The maximum atomic E-state index is 12.1. The number of carbonyl (C=O) groups is 1. The lowest BCUT2D eigenvalue weighted by Crippen LogP contribution is -2.26. The molecule has 2 aromatic heterocycles. The van der Waals surface area contributed by atoms with Gasteiger partial charge in [0.15, 0.2) is 5.82 Å². The number of amides is 1. The minimum absolute atomic E-state index is 0.203. The number of anilines is 2. The molecule has 0 radical (unpaired) electrons. The molecule has 0 aliphatic carbocycles. The lowest BCUT2D eigenvalue weighted by Gasteiger charge is -2.08. The third-order valence-corrected chi connectivity index (χ3v) is 2.96. The van der Waals surface area contributed by atoms with Crippen LogP contribution in [0, 0.1) is 19.8 Å². The molecule has 1 amide bonds. The SMILES string of the molecule is Cc1cc(C(=O)NCCC(C)C)nc(Nc2cc(C)on2)n1. The van der Waals surface area contributed by atoms with Crippen LogP contribution in [0.5, 0.6) is 0 Å². The summed E-state index contributed by atoms with van der Waals surface area (Å²) in [6.45, 7) is 8.46. The zero-order valence-corrected chi connectivity index (χ0v) is 13.3. The Balaban J connectivity index is 2.07. The third kappa shape index (κ3) is 4.54. The molecule has 2 heterocycles. The Labute approximate surface area is 129 Å². The molecule has 0 saturated carbocycles. The van der Waals surface area contributed by atoms with E-state index in [9.17, 15) is 4.79 Å². The highest BCUT2D eigenvalue weighted by Crippen LogP contribution is 2.13. The molecule has 0 atom stereocenters. The summed E-state index contributed by atoms with van der Waals surface area (Å²) in [4.78, 5) is 20.6. The van der Waals surface area contributed by atoms with Crippen LogP contribution in [0.25, 0.3) is 0 Å². The second-order valence-corrected chi connectivity index (χ2v) is 5.60. The van der Waals surface area contributed by atoms with E-state index in [1.807, 2.05) is 6.92 Å². The molecule has 0 fully saturated rings. The van der Waals surface area contributed by atoms with Gasteiger partial charge in [-0.2, -0.15) is 0 Å². The van der Waals surface area contributed by atoms with Crippen LogP contribution in [0.15, 0.2) is 16.7 Å². The van der Waals surface area contributed by atoms with Gasteiger partial charge in [0, 0.05) is 18.3 Å². The zero-order chi connectivity index (χ0) is 16.1. The van der Waals surface area contributed by atoms with Crippen LogP contribution in [0.1, 0.15) is 42.2 Å². The van der Waals surface area contributed by atoms with Gasteiger partial charge in [-0.3, -0.25) is 4.79 Å². The minimum atomic E-state index is -0.203. The average Bonchev–Trinajstić information content (AvgIpc) is 2.82. The maximum absolute atomic E-state index is 12.1. The van der Waals surface area contributed by atoms with Crippen molar-refractivity contribution < 1.29 is 9.32 Å². The number of aromatic nitrogens is 3. The number of nitrogens with zero attached hydrogens (tertiary/aromatic N) is 3. The number of rotatable bonds is 6. The molecular weight excluding hydrogens is 282 g/mol. The van der Waals surface area contributed by atoms with Gasteiger partial charge in [0.1, 0.15) is 11.5 Å². The Kier molecular flexibility index (Phi) is 5.08. The van der Waals surface area contributed by atoms with Crippen LogP contribution in [-0.2, 0) is 0 Å². The van der Waals surface area contributed by atoms with E-state index < -0.39 is 0 Å². The van der Waals surface area contributed by atoms with Gasteiger partial charge in [0.05, 0.1) is 0 Å². The van der Waals surface area contributed by atoms with Gasteiger partial charge in [-0.1, -0.05) is 19.0 Å². The minimum Gasteiger partial charge on any atom is -0.360 e. The van der Waals surface area contributed by atoms with E-state index in [0.29, 0.717) is 41.4 Å². The van der Waals surface area contributed by atoms with Crippen molar-refractivity contribution in [1.82, 2.24) is 20.4 Å². The average molecular weight is 303 g/mol. The number of aryl methyl sites for hydroxylation is 2. The van der Waals surface area contributed by atoms with E-state index in [1.165, 1.54) is 0 Å². The number of hydrogen-bond donors (Lipinski definition) is 2. The lowest BCUT2D eigenvalue weighted by atomic mass is 10.1. The topological polar surface area (TPSA) is 92.9 Å². The summed E-state index contributed by atoms with van der Waals surface area (Å²) in [6, 6.07) is 3.39. The molecule has 0 unspecified atom stereocenters. The van der Waals surface area contributed by atoms with Gasteiger partial charge in [0.2, 0.25) is 5.95 Å². The van der Waals surface area contributed by atoms with Crippen molar-refractivity contribution in [3.05, 3.63) is 29.3 Å². The molecule has 2 rings (SSSR count). The van der Waals surface area contributed by atoms with Crippen molar-refractivity contribution in [1.29, 1.82) is 0 Å². The van der Waals surface area contributed by atoms with E-state index in [2.05, 4.69) is 39.6 Å². The number of hydrogen-bond acceptors (Lipinski definition) is 6. The van der Waals surface area contributed by atoms with E-state index in [1.54, 1.807) is 19.1 Å². The Morgan fingerprint density at radius 1 is 1.27 bits per heavy atom. The Hall–Kier alpha value is -2.44. The summed E-state index contributed by atoms with van der Waals surface area (Å²) in [5.41, 5.74) is 1.03. The fourth-order valence-electron chi connectivity index (χ4n) is 1.85. The van der Waals surface area contributed by atoms with E-state index >= 15 is 0 Å². The van der Waals surface area contributed by atoms with Gasteiger partial charge in [0.25, 0.3) is 5.91 Å². The highest BCUT2D eigenvalue weighted by molar-refractivity contribution is 5.92. The molecule has 0 aliphatic rings. The molecule has 7 heteroatoms. The number of carbonyl (C=O) groups excluding carboxylic acids is 1. The van der Waals surface area contributed by atoms with Crippen LogP contribution in [0.2, 0.25) is 0 Å². The van der Waals surface area contributed by atoms with Crippen molar-refractivity contribution in [2.45, 2.75) is 34.1 Å². The molecule has 2 N–H and O–H groups in total. The third-order valence-electron chi connectivity index (χ3n) is 2.96.